The number of hydrogen-bond acceptors (Lipinski definition) is 5. The van der Waals surface area contributed by atoms with Crippen LogP contribution in [-0.4, -0.2) is 38.4 Å². The first kappa shape index (κ1) is 11.2. The van der Waals surface area contributed by atoms with Crippen LogP contribution in [0, 0.1) is 5.92 Å². The minimum absolute atomic E-state index is 0.155. The van der Waals surface area contributed by atoms with E-state index in [-0.39, 0.29) is 11.2 Å². The van der Waals surface area contributed by atoms with Gasteiger partial charge in [0.1, 0.15) is 5.82 Å². The molecule has 1 fully saturated rings. The van der Waals surface area contributed by atoms with Crippen LogP contribution in [0.4, 0.5) is 5.82 Å². The summed E-state index contributed by atoms with van der Waals surface area (Å²) in [5, 5.41) is 10.5. The highest BCUT2D eigenvalue weighted by molar-refractivity contribution is 5.48. The predicted octanol–water partition coefficient (Wildman–Crippen LogP) is -0.409. The third-order valence-corrected chi connectivity index (χ3v) is 3.70. The maximum atomic E-state index is 11.4. The second kappa shape index (κ2) is 3.55. The number of H-pyrrole nitrogens is 1. The lowest BCUT2D eigenvalue weighted by Gasteiger charge is -2.50. The monoisotopic (exact) mass is 248 g/mol. The van der Waals surface area contributed by atoms with E-state index in [2.05, 4.69) is 34.0 Å². The maximum absolute atomic E-state index is 11.4. The zero-order valence-corrected chi connectivity index (χ0v) is 10.4. The fourth-order valence-corrected chi connectivity index (χ4v) is 2.15. The maximum Gasteiger partial charge on any atom is 0.364 e. The molecule has 2 aromatic rings. The summed E-state index contributed by atoms with van der Waals surface area (Å²) in [5.74, 6) is 1.18. The topological polar surface area (TPSA) is 92.3 Å². The Morgan fingerprint density at radius 2 is 2.17 bits per heavy atom. The Bertz CT molecular complexity index is 636. The van der Waals surface area contributed by atoms with E-state index in [9.17, 15) is 4.79 Å². The van der Waals surface area contributed by atoms with Crippen LogP contribution in [0.1, 0.15) is 13.8 Å². The number of rotatable bonds is 2. The van der Waals surface area contributed by atoms with Crippen LogP contribution in [0.3, 0.4) is 0 Å². The molecular weight excluding hydrogens is 232 g/mol. The summed E-state index contributed by atoms with van der Waals surface area (Å²) < 4.78 is 1.27. The zero-order valence-electron chi connectivity index (χ0n) is 10.4. The molecule has 0 radical (unpaired) electrons. The number of hydrogen-bond donors (Lipinski definition) is 2. The fourth-order valence-electron chi connectivity index (χ4n) is 2.15. The molecule has 3 N–H and O–H groups in total. The van der Waals surface area contributed by atoms with Crippen molar-refractivity contribution in [2.75, 3.05) is 18.0 Å². The molecule has 0 atom stereocenters. The smallest absolute Gasteiger partial charge is 0.351 e. The Morgan fingerprint density at radius 3 is 2.83 bits per heavy atom. The quantitative estimate of drug-likeness (QED) is 0.754. The first-order valence-electron chi connectivity index (χ1n) is 5.98. The van der Waals surface area contributed by atoms with Gasteiger partial charge in [-0.25, -0.2) is 9.89 Å². The molecule has 7 nitrogen and oxygen atoms in total. The van der Waals surface area contributed by atoms with Gasteiger partial charge in [0.15, 0.2) is 5.65 Å². The second-order valence-corrected chi connectivity index (χ2v) is 5.23. The lowest BCUT2D eigenvalue weighted by molar-refractivity contribution is 0.243. The fraction of sp³-hybridized carbons (Fsp3) is 0.545. The van der Waals surface area contributed by atoms with Crippen LogP contribution < -0.4 is 16.3 Å². The van der Waals surface area contributed by atoms with Gasteiger partial charge in [0.05, 0.1) is 5.54 Å². The Hall–Kier alpha value is -1.89. The minimum Gasteiger partial charge on any atom is -0.351 e. The van der Waals surface area contributed by atoms with Crippen molar-refractivity contribution in [3.8, 4) is 0 Å². The molecule has 0 amide bonds. The van der Waals surface area contributed by atoms with Crippen molar-refractivity contribution in [3.63, 3.8) is 0 Å². The van der Waals surface area contributed by atoms with Gasteiger partial charge in [-0.05, 0) is 18.1 Å². The van der Waals surface area contributed by atoms with Crippen molar-refractivity contribution in [2.45, 2.75) is 19.4 Å². The van der Waals surface area contributed by atoms with Crippen molar-refractivity contribution in [3.05, 3.63) is 22.6 Å². The summed E-state index contributed by atoms with van der Waals surface area (Å²) >= 11 is 0. The summed E-state index contributed by atoms with van der Waals surface area (Å²) in [6.07, 6.45) is 0. The molecule has 1 aliphatic rings. The van der Waals surface area contributed by atoms with Crippen LogP contribution >= 0.6 is 0 Å². The molecule has 3 heterocycles. The second-order valence-electron chi connectivity index (χ2n) is 5.23. The highest BCUT2D eigenvalue weighted by Crippen LogP contribution is 2.29. The molecule has 0 unspecified atom stereocenters. The Labute approximate surface area is 104 Å². The molecule has 0 spiro atoms. The van der Waals surface area contributed by atoms with Gasteiger partial charge < -0.3 is 10.6 Å². The molecule has 1 aliphatic heterocycles. The van der Waals surface area contributed by atoms with Crippen molar-refractivity contribution in [1.29, 1.82) is 0 Å². The van der Waals surface area contributed by atoms with Gasteiger partial charge >= 0.3 is 5.69 Å². The van der Waals surface area contributed by atoms with Crippen molar-refractivity contribution < 1.29 is 0 Å². The van der Waals surface area contributed by atoms with E-state index < -0.39 is 0 Å². The van der Waals surface area contributed by atoms with Gasteiger partial charge in [0.2, 0.25) is 0 Å². The molecule has 0 saturated carbocycles. The summed E-state index contributed by atoms with van der Waals surface area (Å²) in [6, 6.07) is 3.63. The molecule has 0 bridgehead atoms. The summed E-state index contributed by atoms with van der Waals surface area (Å²) in [5.41, 5.74) is 6.28. The van der Waals surface area contributed by atoms with E-state index in [1.807, 2.05) is 6.07 Å². The number of aromatic amines is 1. The predicted molar refractivity (Wildman–Crippen MR) is 67.6 cm³/mol. The molecule has 0 aromatic carbocycles. The summed E-state index contributed by atoms with van der Waals surface area (Å²) in [7, 11) is 0. The lowest BCUT2D eigenvalue weighted by Crippen LogP contribution is -2.70. The van der Waals surface area contributed by atoms with Gasteiger partial charge in [-0.15, -0.1) is 5.10 Å². The third-order valence-electron chi connectivity index (χ3n) is 3.70. The molecule has 0 aliphatic carbocycles. The summed E-state index contributed by atoms with van der Waals surface area (Å²) in [6.45, 7) is 5.76. The zero-order chi connectivity index (χ0) is 12.9. The van der Waals surface area contributed by atoms with Gasteiger partial charge in [0.25, 0.3) is 0 Å². The van der Waals surface area contributed by atoms with Gasteiger partial charge in [-0.3, -0.25) is 0 Å². The van der Waals surface area contributed by atoms with Crippen LogP contribution in [0.25, 0.3) is 5.65 Å². The highest BCUT2D eigenvalue weighted by Gasteiger charge is 2.42. The Kier molecular flexibility index (Phi) is 2.21. The van der Waals surface area contributed by atoms with Crippen molar-refractivity contribution in [1.82, 2.24) is 19.8 Å². The number of nitrogens with zero attached hydrogens (tertiary/aromatic N) is 4. The molecule has 2 aromatic heterocycles. The number of anilines is 1. The third kappa shape index (κ3) is 1.51. The van der Waals surface area contributed by atoms with Crippen molar-refractivity contribution in [2.24, 2.45) is 11.7 Å². The van der Waals surface area contributed by atoms with Crippen LogP contribution in [0.15, 0.2) is 16.9 Å². The van der Waals surface area contributed by atoms with E-state index in [0.717, 1.165) is 18.9 Å². The largest absolute Gasteiger partial charge is 0.364 e. The van der Waals surface area contributed by atoms with E-state index in [1.165, 1.54) is 4.52 Å². The van der Waals surface area contributed by atoms with Gasteiger partial charge in [0, 0.05) is 13.1 Å². The lowest BCUT2D eigenvalue weighted by atomic mass is 9.80. The standard InChI is InChI=1S/C11H16N6O/c1-7(2)11(12)5-16(6-11)9-4-3-8-13-14-10(18)17(8)15-9/h3-4,7H,5-6,12H2,1-2H3,(H,14,18). The SMILES string of the molecule is CC(C)C1(N)CN(c2ccc3n[nH]c(=O)n3n2)C1. The molecule has 7 heteroatoms. The van der Waals surface area contributed by atoms with E-state index in [0.29, 0.717) is 11.6 Å². The highest BCUT2D eigenvalue weighted by atomic mass is 16.2. The Morgan fingerprint density at radius 1 is 1.44 bits per heavy atom. The molecule has 18 heavy (non-hydrogen) atoms. The number of fused-ring (bicyclic) bond motifs is 1. The van der Waals surface area contributed by atoms with Crippen molar-refractivity contribution >= 4 is 11.5 Å². The first-order chi connectivity index (χ1) is 8.49. The van der Waals surface area contributed by atoms with E-state index in [1.54, 1.807) is 6.07 Å². The number of aromatic nitrogens is 4. The van der Waals surface area contributed by atoms with Crippen LogP contribution in [0.2, 0.25) is 0 Å². The summed E-state index contributed by atoms with van der Waals surface area (Å²) in [4.78, 5) is 13.5. The average Bonchev–Trinajstić information content (AvgIpc) is 2.66. The van der Waals surface area contributed by atoms with Gasteiger partial charge in [-0.2, -0.15) is 9.61 Å². The van der Waals surface area contributed by atoms with Crippen LogP contribution in [-0.2, 0) is 0 Å². The molecule has 3 rings (SSSR count). The molecular formula is C11H16N6O. The average molecular weight is 248 g/mol. The Balaban J connectivity index is 1.89. The number of nitrogens with two attached hydrogens (primary N) is 1. The minimum atomic E-state index is -0.324. The number of nitrogens with one attached hydrogen (secondary N) is 1. The van der Waals surface area contributed by atoms with E-state index >= 15 is 0 Å². The van der Waals surface area contributed by atoms with Gasteiger partial charge in [-0.1, -0.05) is 13.8 Å². The van der Waals surface area contributed by atoms with E-state index in [4.69, 9.17) is 5.73 Å². The van der Waals surface area contributed by atoms with Crippen LogP contribution in [0.5, 0.6) is 0 Å². The normalized spacial score (nSPS) is 18.3. The molecule has 1 saturated heterocycles. The molecule has 96 valence electrons. The first-order valence-corrected chi connectivity index (χ1v) is 5.98.